The maximum atomic E-state index is 11.9. The summed E-state index contributed by atoms with van der Waals surface area (Å²) in [5.74, 6) is -0.428. The lowest BCUT2D eigenvalue weighted by atomic mass is 10.2. The summed E-state index contributed by atoms with van der Waals surface area (Å²) in [7, 11) is 0. The first-order valence-corrected chi connectivity index (χ1v) is 6.10. The summed E-state index contributed by atoms with van der Waals surface area (Å²) in [6.45, 7) is 0. The molecule has 6 heteroatoms. The minimum Gasteiger partial charge on any atom is -0.320 e. The van der Waals surface area contributed by atoms with Crippen LogP contribution in [0, 0.1) is 11.3 Å². The number of nitrogens with one attached hydrogen (secondary N) is 2. The quantitative estimate of drug-likeness (QED) is 0.890. The highest BCUT2D eigenvalue weighted by Crippen LogP contribution is 2.23. The van der Waals surface area contributed by atoms with Crippen LogP contribution in [0.1, 0.15) is 16.1 Å². The molecule has 2 N–H and O–H groups in total. The standard InChI is InChI=1S/C13H8BrN3O2/c14-9-6-8(7-15)4-5-10(9)17-13(19)11-2-1-3-12(18)16-11/h1-6H,(H,16,18)(H,17,19). The van der Waals surface area contributed by atoms with Gasteiger partial charge in [-0.15, -0.1) is 0 Å². The van der Waals surface area contributed by atoms with Crippen LogP contribution in [0.2, 0.25) is 0 Å². The Hall–Kier alpha value is -2.39. The number of nitriles is 1. The lowest BCUT2D eigenvalue weighted by Gasteiger charge is -2.07. The van der Waals surface area contributed by atoms with Crippen molar-refractivity contribution in [2.75, 3.05) is 5.32 Å². The molecular formula is C13H8BrN3O2. The van der Waals surface area contributed by atoms with Crippen LogP contribution in [0.25, 0.3) is 0 Å². The summed E-state index contributed by atoms with van der Waals surface area (Å²) in [4.78, 5) is 25.5. The number of carbonyl (C=O) groups is 1. The molecule has 0 unspecified atom stereocenters. The molecule has 1 aromatic carbocycles. The van der Waals surface area contributed by atoms with Crippen molar-refractivity contribution in [3.05, 3.63) is 62.5 Å². The van der Waals surface area contributed by atoms with Crippen LogP contribution in [0.4, 0.5) is 5.69 Å². The van der Waals surface area contributed by atoms with Crippen molar-refractivity contribution < 1.29 is 4.79 Å². The Labute approximate surface area is 117 Å². The van der Waals surface area contributed by atoms with E-state index in [2.05, 4.69) is 26.2 Å². The van der Waals surface area contributed by atoms with Crippen molar-refractivity contribution in [3.63, 3.8) is 0 Å². The number of hydrogen-bond acceptors (Lipinski definition) is 3. The molecule has 0 aliphatic rings. The molecule has 0 aliphatic carbocycles. The highest BCUT2D eigenvalue weighted by molar-refractivity contribution is 9.10. The van der Waals surface area contributed by atoms with Gasteiger partial charge in [-0.05, 0) is 40.2 Å². The van der Waals surface area contributed by atoms with E-state index < -0.39 is 5.91 Å². The van der Waals surface area contributed by atoms with E-state index in [-0.39, 0.29) is 11.3 Å². The second-order valence-electron chi connectivity index (χ2n) is 3.69. The third kappa shape index (κ3) is 3.09. The van der Waals surface area contributed by atoms with Gasteiger partial charge in [-0.3, -0.25) is 9.59 Å². The topological polar surface area (TPSA) is 85.8 Å². The zero-order chi connectivity index (χ0) is 13.8. The highest BCUT2D eigenvalue weighted by Gasteiger charge is 2.09. The van der Waals surface area contributed by atoms with E-state index in [4.69, 9.17) is 5.26 Å². The number of H-pyrrole nitrogens is 1. The van der Waals surface area contributed by atoms with Crippen LogP contribution in [-0.4, -0.2) is 10.9 Å². The number of nitrogens with zero attached hydrogens (tertiary/aromatic N) is 1. The lowest BCUT2D eigenvalue weighted by molar-refractivity contribution is 0.102. The molecule has 0 saturated carbocycles. The maximum absolute atomic E-state index is 11.9. The molecule has 2 rings (SSSR count). The molecule has 0 spiro atoms. The van der Waals surface area contributed by atoms with Gasteiger partial charge in [0.05, 0.1) is 17.3 Å². The average molecular weight is 318 g/mol. The van der Waals surface area contributed by atoms with Crippen molar-refractivity contribution >= 4 is 27.5 Å². The predicted octanol–water partition coefficient (Wildman–Crippen LogP) is 2.26. The molecular weight excluding hydrogens is 310 g/mol. The fourth-order valence-electron chi connectivity index (χ4n) is 1.46. The molecule has 0 fully saturated rings. The highest BCUT2D eigenvalue weighted by atomic mass is 79.9. The fourth-order valence-corrected chi connectivity index (χ4v) is 1.93. The molecule has 1 heterocycles. The van der Waals surface area contributed by atoms with Gasteiger partial charge in [0.2, 0.25) is 5.56 Å². The van der Waals surface area contributed by atoms with Gasteiger partial charge in [-0.25, -0.2) is 0 Å². The number of aromatic nitrogens is 1. The first-order chi connectivity index (χ1) is 9.10. The van der Waals surface area contributed by atoms with Gasteiger partial charge < -0.3 is 10.3 Å². The predicted molar refractivity (Wildman–Crippen MR) is 73.9 cm³/mol. The molecule has 0 saturated heterocycles. The van der Waals surface area contributed by atoms with Crippen molar-refractivity contribution in [3.8, 4) is 6.07 Å². The van der Waals surface area contributed by atoms with Crippen molar-refractivity contribution in [2.24, 2.45) is 0 Å². The maximum Gasteiger partial charge on any atom is 0.272 e. The van der Waals surface area contributed by atoms with E-state index >= 15 is 0 Å². The number of halogens is 1. The number of amides is 1. The van der Waals surface area contributed by atoms with E-state index in [0.717, 1.165) is 0 Å². The van der Waals surface area contributed by atoms with Gasteiger partial charge in [-0.1, -0.05) is 6.07 Å². The van der Waals surface area contributed by atoms with Gasteiger partial charge in [0.15, 0.2) is 0 Å². The van der Waals surface area contributed by atoms with Gasteiger partial charge in [0.1, 0.15) is 5.69 Å². The minimum atomic E-state index is -0.428. The number of hydrogen-bond donors (Lipinski definition) is 2. The van der Waals surface area contributed by atoms with E-state index in [0.29, 0.717) is 15.7 Å². The Morgan fingerprint density at radius 1 is 1.32 bits per heavy atom. The van der Waals surface area contributed by atoms with Gasteiger partial charge in [0.25, 0.3) is 5.91 Å². The Kier molecular flexibility index (Phi) is 3.78. The number of carbonyl (C=O) groups excluding carboxylic acids is 1. The fraction of sp³-hybridized carbons (Fsp3) is 0. The second kappa shape index (κ2) is 5.50. The smallest absolute Gasteiger partial charge is 0.272 e. The number of benzene rings is 1. The number of aromatic amines is 1. The van der Waals surface area contributed by atoms with Gasteiger partial charge in [-0.2, -0.15) is 5.26 Å². The third-order valence-electron chi connectivity index (χ3n) is 2.36. The molecule has 94 valence electrons. The first-order valence-electron chi connectivity index (χ1n) is 5.30. The van der Waals surface area contributed by atoms with E-state index in [1.54, 1.807) is 18.2 Å². The Balaban J connectivity index is 2.25. The molecule has 1 aromatic heterocycles. The summed E-state index contributed by atoms with van der Waals surface area (Å²) in [6, 6.07) is 11.1. The van der Waals surface area contributed by atoms with Crippen LogP contribution in [-0.2, 0) is 0 Å². The molecule has 0 aliphatic heterocycles. The Morgan fingerprint density at radius 2 is 2.11 bits per heavy atom. The largest absolute Gasteiger partial charge is 0.320 e. The summed E-state index contributed by atoms with van der Waals surface area (Å²) in [6.07, 6.45) is 0. The van der Waals surface area contributed by atoms with Crippen LogP contribution in [0.3, 0.4) is 0 Å². The zero-order valence-corrected chi connectivity index (χ0v) is 11.2. The Morgan fingerprint density at radius 3 is 2.74 bits per heavy atom. The SMILES string of the molecule is N#Cc1ccc(NC(=O)c2cccc(=O)[nH]2)c(Br)c1. The Bertz CT molecular complexity index is 731. The summed E-state index contributed by atoms with van der Waals surface area (Å²) in [5, 5.41) is 11.4. The molecule has 0 atom stereocenters. The molecule has 5 nitrogen and oxygen atoms in total. The molecule has 19 heavy (non-hydrogen) atoms. The van der Waals surface area contributed by atoms with Crippen LogP contribution in [0.15, 0.2) is 45.7 Å². The van der Waals surface area contributed by atoms with E-state index in [9.17, 15) is 9.59 Å². The lowest BCUT2D eigenvalue weighted by Crippen LogP contribution is -2.18. The summed E-state index contributed by atoms with van der Waals surface area (Å²) >= 11 is 3.27. The van der Waals surface area contributed by atoms with Gasteiger partial charge in [0, 0.05) is 10.5 Å². The van der Waals surface area contributed by atoms with Crippen LogP contribution >= 0.6 is 15.9 Å². The second-order valence-corrected chi connectivity index (χ2v) is 4.54. The van der Waals surface area contributed by atoms with Gasteiger partial charge >= 0.3 is 0 Å². The summed E-state index contributed by atoms with van der Waals surface area (Å²) < 4.78 is 0.596. The first kappa shape index (κ1) is 13.1. The van der Waals surface area contributed by atoms with Crippen molar-refractivity contribution in [1.82, 2.24) is 4.98 Å². The molecule has 0 radical (unpaired) electrons. The summed E-state index contributed by atoms with van der Waals surface area (Å²) in [5.41, 5.74) is 0.835. The molecule has 2 aromatic rings. The molecule has 1 amide bonds. The zero-order valence-electron chi connectivity index (χ0n) is 9.61. The number of rotatable bonds is 2. The molecule has 0 bridgehead atoms. The van der Waals surface area contributed by atoms with E-state index in [1.165, 1.54) is 18.2 Å². The minimum absolute atomic E-state index is 0.170. The van der Waals surface area contributed by atoms with Crippen molar-refractivity contribution in [1.29, 1.82) is 5.26 Å². The third-order valence-corrected chi connectivity index (χ3v) is 3.02. The monoisotopic (exact) mass is 317 g/mol. The van der Waals surface area contributed by atoms with E-state index in [1.807, 2.05) is 6.07 Å². The van der Waals surface area contributed by atoms with Crippen LogP contribution in [0.5, 0.6) is 0 Å². The number of pyridine rings is 1. The number of anilines is 1. The average Bonchev–Trinajstić information content (AvgIpc) is 2.41. The van der Waals surface area contributed by atoms with Crippen molar-refractivity contribution in [2.45, 2.75) is 0 Å². The van der Waals surface area contributed by atoms with Crippen LogP contribution < -0.4 is 10.9 Å². The normalized spacial score (nSPS) is 9.68.